The van der Waals surface area contributed by atoms with E-state index in [0.717, 1.165) is 29.7 Å². The molecule has 0 aliphatic carbocycles. The van der Waals surface area contributed by atoms with Gasteiger partial charge < -0.3 is 16.2 Å². The van der Waals surface area contributed by atoms with E-state index >= 15 is 0 Å². The lowest BCUT2D eigenvalue weighted by Crippen LogP contribution is -2.38. The predicted molar refractivity (Wildman–Crippen MR) is 99.5 cm³/mol. The molecule has 1 aliphatic rings. The van der Waals surface area contributed by atoms with E-state index in [-0.39, 0.29) is 23.0 Å². The van der Waals surface area contributed by atoms with E-state index < -0.39 is 10.0 Å². The summed E-state index contributed by atoms with van der Waals surface area (Å²) in [5.41, 5.74) is 13.9. The molecule has 0 atom stereocenters. The molecule has 0 bridgehead atoms. The van der Waals surface area contributed by atoms with E-state index in [9.17, 15) is 8.42 Å². The van der Waals surface area contributed by atoms with Gasteiger partial charge in [-0.3, -0.25) is 4.99 Å². The van der Waals surface area contributed by atoms with Crippen LogP contribution in [0.2, 0.25) is 0 Å². The minimum absolute atomic E-state index is 0.156. The number of aliphatic imine (C=N–C) groups is 1. The molecule has 0 amide bonds. The van der Waals surface area contributed by atoms with E-state index in [0.29, 0.717) is 17.7 Å². The molecule has 1 heterocycles. The molecule has 140 valence electrons. The predicted octanol–water partition coefficient (Wildman–Crippen LogP) is 1.27. The number of nitrogens with zero attached hydrogens (tertiary/aromatic N) is 1. The van der Waals surface area contributed by atoms with Gasteiger partial charge in [-0.1, -0.05) is 0 Å². The van der Waals surface area contributed by atoms with Gasteiger partial charge in [0.05, 0.1) is 11.4 Å². The SMILES string of the molecule is Cc1c(C)c(S(=O)(=O)NC(N)=NCCN)c(C)c2c1OC(C)(C)CC2. The number of rotatable bonds is 4. The molecule has 0 radical (unpaired) electrons. The number of hydrogen-bond acceptors (Lipinski definition) is 5. The van der Waals surface area contributed by atoms with Crippen LogP contribution < -0.4 is 20.9 Å². The molecule has 0 saturated heterocycles. The zero-order chi connectivity index (χ0) is 19.0. The fourth-order valence-electron chi connectivity index (χ4n) is 3.16. The Morgan fingerprint density at radius 3 is 2.48 bits per heavy atom. The maximum Gasteiger partial charge on any atom is 0.264 e. The third kappa shape index (κ3) is 3.90. The van der Waals surface area contributed by atoms with Crippen LogP contribution in [0.25, 0.3) is 0 Å². The van der Waals surface area contributed by atoms with E-state index in [4.69, 9.17) is 16.2 Å². The monoisotopic (exact) mass is 368 g/mol. The molecule has 0 saturated carbocycles. The Morgan fingerprint density at radius 1 is 1.24 bits per heavy atom. The zero-order valence-corrected chi connectivity index (χ0v) is 16.4. The second kappa shape index (κ2) is 6.84. The minimum Gasteiger partial charge on any atom is -0.487 e. The number of fused-ring (bicyclic) bond motifs is 1. The zero-order valence-electron chi connectivity index (χ0n) is 15.6. The number of benzene rings is 1. The van der Waals surface area contributed by atoms with Crippen molar-refractivity contribution < 1.29 is 13.2 Å². The Labute approximate surface area is 149 Å². The van der Waals surface area contributed by atoms with Gasteiger partial charge in [0.2, 0.25) is 5.96 Å². The molecule has 0 aromatic heterocycles. The fourth-order valence-corrected chi connectivity index (χ4v) is 4.68. The summed E-state index contributed by atoms with van der Waals surface area (Å²) in [6, 6.07) is 0. The molecule has 8 heteroatoms. The van der Waals surface area contributed by atoms with Gasteiger partial charge in [0.1, 0.15) is 11.4 Å². The van der Waals surface area contributed by atoms with Crippen LogP contribution in [0.5, 0.6) is 5.75 Å². The molecule has 1 aliphatic heterocycles. The average molecular weight is 369 g/mol. The van der Waals surface area contributed by atoms with E-state index in [2.05, 4.69) is 9.71 Å². The summed E-state index contributed by atoms with van der Waals surface area (Å²) in [5.74, 6) is 0.645. The fraction of sp³-hybridized carbons (Fsp3) is 0.588. The lowest BCUT2D eigenvalue weighted by Gasteiger charge is -2.35. The lowest BCUT2D eigenvalue weighted by molar-refractivity contribution is 0.0832. The smallest absolute Gasteiger partial charge is 0.264 e. The molecule has 5 N–H and O–H groups in total. The Kier molecular flexibility index (Phi) is 5.34. The van der Waals surface area contributed by atoms with Crippen molar-refractivity contribution >= 4 is 16.0 Å². The van der Waals surface area contributed by atoms with Crippen LogP contribution in [0, 0.1) is 20.8 Å². The molecular formula is C17H28N4O3S. The summed E-state index contributed by atoms with van der Waals surface area (Å²) in [6.07, 6.45) is 1.60. The highest BCUT2D eigenvalue weighted by atomic mass is 32.2. The Balaban J connectivity index is 2.55. The summed E-state index contributed by atoms with van der Waals surface area (Å²) in [6.45, 7) is 10.1. The lowest BCUT2D eigenvalue weighted by atomic mass is 9.88. The van der Waals surface area contributed by atoms with Gasteiger partial charge in [-0.2, -0.15) is 0 Å². The summed E-state index contributed by atoms with van der Waals surface area (Å²) < 4.78 is 34.2. The van der Waals surface area contributed by atoms with Gasteiger partial charge in [0, 0.05) is 6.54 Å². The second-order valence-electron chi connectivity index (χ2n) is 7.03. The molecular weight excluding hydrogens is 340 g/mol. The van der Waals surface area contributed by atoms with Crippen molar-refractivity contribution in [2.24, 2.45) is 16.5 Å². The Bertz CT molecular complexity index is 814. The van der Waals surface area contributed by atoms with E-state index in [1.54, 1.807) is 6.92 Å². The minimum atomic E-state index is -3.84. The van der Waals surface area contributed by atoms with Gasteiger partial charge in [0.25, 0.3) is 10.0 Å². The van der Waals surface area contributed by atoms with Gasteiger partial charge in [-0.15, -0.1) is 0 Å². The number of ether oxygens (including phenoxy) is 1. The number of hydrogen-bond donors (Lipinski definition) is 3. The van der Waals surface area contributed by atoms with Crippen LogP contribution in [-0.4, -0.2) is 33.1 Å². The highest BCUT2D eigenvalue weighted by molar-refractivity contribution is 7.90. The first-order valence-corrected chi connectivity index (χ1v) is 9.83. The molecule has 1 aromatic carbocycles. The summed E-state index contributed by atoms with van der Waals surface area (Å²) in [7, 11) is -3.84. The molecule has 0 spiro atoms. The highest BCUT2D eigenvalue weighted by Crippen LogP contribution is 2.41. The number of nitrogens with one attached hydrogen (secondary N) is 1. The normalized spacial score (nSPS) is 17.0. The van der Waals surface area contributed by atoms with Crippen LogP contribution in [-0.2, 0) is 16.4 Å². The van der Waals surface area contributed by atoms with Crippen molar-refractivity contribution in [3.63, 3.8) is 0 Å². The van der Waals surface area contributed by atoms with Crippen molar-refractivity contribution in [1.29, 1.82) is 0 Å². The third-order valence-corrected chi connectivity index (χ3v) is 6.21. The summed E-state index contributed by atoms with van der Waals surface area (Å²) in [5, 5.41) is 0. The first-order valence-electron chi connectivity index (χ1n) is 8.34. The molecule has 0 fully saturated rings. The van der Waals surface area contributed by atoms with E-state index in [1.165, 1.54) is 0 Å². The summed E-state index contributed by atoms with van der Waals surface area (Å²) >= 11 is 0. The maximum atomic E-state index is 12.9. The molecule has 0 unspecified atom stereocenters. The first-order chi connectivity index (χ1) is 11.5. The number of nitrogens with two attached hydrogens (primary N) is 2. The quantitative estimate of drug-likeness (QED) is 0.546. The molecule has 1 aromatic rings. The van der Waals surface area contributed by atoms with Crippen molar-refractivity contribution in [2.45, 2.75) is 58.0 Å². The maximum absolute atomic E-state index is 12.9. The van der Waals surface area contributed by atoms with Crippen LogP contribution in [0.1, 0.15) is 42.5 Å². The summed E-state index contributed by atoms with van der Waals surface area (Å²) in [4.78, 5) is 4.14. The van der Waals surface area contributed by atoms with Gasteiger partial charge in [-0.25, -0.2) is 13.1 Å². The van der Waals surface area contributed by atoms with Gasteiger partial charge in [-0.05, 0) is 69.7 Å². The van der Waals surface area contributed by atoms with Crippen LogP contribution in [0.3, 0.4) is 0 Å². The van der Waals surface area contributed by atoms with Crippen LogP contribution >= 0.6 is 0 Å². The third-order valence-electron chi connectivity index (χ3n) is 4.59. The average Bonchev–Trinajstić information content (AvgIpc) is 2.49. The van der Waals surface area contributed by atoms with Crippen molar-refractivity contribution in [3.8, 4) is 5.75 Å². The highest BCUT2D eigenvalue weighted by Gasteiger charge is 2.33. The standard InChI is InChI=1S/C17H28N4O3S/c1-10-11(2)15(25(22,23)21-16(19)20-9-8-18)12(3)13-6-7-17(4,5)24-14(10)13/h6-9,18H2,1-5H3,(H3,19,20,21). The molecule has 2 rings (SSSR count). The van der Waals surface area contributed by atoms with Gasteiger partial charge in [0.15, 0.2) is 0 Å². The van der Waals surface area contributed by atoms with Crippen LogP contribution in [0.4, 0.5) is 0 Å². The second-order valence-corrected chi connectivity index (χ2v) is 8.65. The van der Waals surface area contributed by atoms with E-state index in [1.807, 2.05) is 27.7 Å². The Morgan fingerprint density at radius 2 is 1.88 bits per heavy atom. The van der Waals surface area contributed by atoms with Gasteiger partial charge >= 0.3 is 0 Å². The van der Waals surface area contributed by atoms with Crippen molar-refractivity contribution in [1.82, 2.24) is 4.72 Å². The van der Waals surface area contributed by atoms with Crippen molar-refractivity contribution in [2.75, 3.05) is 13.1 Å². The van der Waals surface area contributed by atoms with Crippen molar-refractivity contribution in [3.05, 3.63) is 22.3 Å². The Hall–Kier alpha value is -1.80. The first kappa shape index (κ1) is 19.5. The van der Waals surface area contributed by atoms with Crippen LogP contribution in [0.15, 0.2) is 9.89 Å². The molecule has 25 heavy (non-hydrogen) atoms. The largest absolute Gasteiger partial charge is 0.487 e. The molecule has 7 nitrogen and oxygen atoms in total. The topological polar surface area (TPSA) is 120 Å². The number of guanidine groups is 1. The number of sulfonamides is 1.